The molecule has 1 amide bonds. The van der Waals surface area contributed by atoms with Crippen molar-refractivity contribution in [3.63, 3.8) is 0 Å². The SMILES string of the molecule is O=CC(=O)Cc1ccc([C@@H](O)[C@@H](CF)NC(=O)C(F)F)cc1. The minimum atomic E-state index is -3.31. The van der Waals surface area contributed by atoms with Crippen LogP contribution in [-0.4, -0.2) is 42.2 Å². The van der Waals surface area contributed by atoms with Crippen molar-refractivity contribution in [3.05, 3.63) is 35.4 Å². The second-order valence-corrected chi connectivity index (χ2v) is 4.52. The zero-order valence-electron chi connectivity index (χ0n) is 11.3. The molecule has 1 aromatic carbocycles. The fourth-order valence-corrected chi connectivity index (χ4v) is 1.76. The molecule has 1 aromatic rings. The van der Waals surface area contributed by atoms with Crippen LogP contribution in [0.3, 0.4) is 0 Å². The van der Waals surface area contributed by atoms with Crippen LogP contribution in [0.25, 0.3) is 0 Å². The Morgan fingerprint density at radius 3 is 2.27 bits per heavy atom. The Kier molecular flexibility index (Phi) is 6.71. The van der Waals surface area contributed by atoms with E-state index in [0.717, 1.165) is 0 Å². The normalized spacial score (nSPS) is 13.5. The van der Waals surface area contributed by atoms with Crippen LogP contribution in [-0.2, 0) is 20.8 Å². The van der Waals surface area contributed by atoms with Gasteiger partial charge in [0.25, 0.3) is 5.91 Å². The lowest BCUT2D eigenvalue weighted by molar-refractivity contribution is -0.133. The summed E-state index contributed by atoms with van der Waals surface area (Å²) in [6.45, 7) is -1.23. The van der Waals surface area contributed by atoms with Crippen molar-refractivity contribution in [2.75, 3.05) is 6.67 Å². The van der Waals surface area contributed by atoms with Gasteiger partial charge in [0.15, 0.2) is 12.1 Å². The minimum Gasteiger partial charge on any atom is -0.386 e. The zero-order chi connectivity index (χ0) is 16.7. The van der Waals surface area contributed by atoms with Crippen molar-refractivity contribution >= 4 is 18.0 Å². The molecule has 1 rings (SSSR count). The van der Waals surface area contributed by atoms with E-state index in [1.54, 1.807) is 5.32 Å². The third kappa shape index (κ3) is 4.96. The van der Waals surface area contributed by atoms with Crippen LogP contribution < -0.4 is 5.32 Å². The molecule has 0 bridgehead atoms. The first-order valence-corrected chi connectivity index (χ1v) is 6.28. The van der Waals surface area contributed by atoms with Crippen LogP contribution in [0.4, 0.5) is 13.2 Å². The highest BCUT2D eigenvalue weighted by atomic mass is 19.3. The van der Waals surface area contributed by atoms with Gasteiger partial charge in [0.05, 0.1) is 6.04 Å². The Labute approximate surface area is 124 Å². The Bertz CT molecular complexity index is 533. The van der Waals surface area contributed by atoms with Gasteiger partial charge in [-0.25, -0.2) is 4.39 Å². The summed E-state index contributed by atoms with van der Waals surface area (Å²) in [6.07, 6.45) is -4.77. The van der Waals surface area contributed by atoms with Crippen molar-refractivity contribution in [2.45, 2.75) is 25.0 Å². The lowest BCUT2D eigenvalue weighted by Gasteiger charge is -2.21. The molecule has 0 spiro atoms. The number of hydrogen-bond donors (Lipinski definition) is 2. The number of amides is 1. The van der Waals surface area contributed by atoms with Crippen molar-refractivity contribution in [1.29, 1.82) is 0 Å². The van der Waals surface area contributed by atoms with Gasteiger partial charge in [0.2, 0.25) is 0 Å². The molecule has 5 nitrogen and oxygen atoms in total. The monoisotopic (exact) mass is 317 g/mol. The highest BCUT2D eigenvalue weighted by molar-refractivity contribution is 6.25. The highest BCUT2D eigenvalue weighted by Crippen LogP contribution is 2.19. The van der Waals surface area contributed by atoms with Crippen LogP contribution in [0.5, 0.6) is 0 Å². The largest absolute Gasteiger partial charge is 0.386 e. The summed E-state index contributed by atoms with van der Waals surface area (Å²) in [5, 5.41) is 11.6. The molecule has 2 atom stereocenters. The van der Waals surface area contributed by atoms with Crippen molar-refractivity contribution in [3.8, 4) is 0 Å². The molecule has 8 heteroatoms. The minimum absolute atomic E-state index is 0.117. The second kappa shape index (κ2) is 8.28. The predicted molar refractivity (Wildman–Crippen MR) is 70.1 cm³/mol. The highest BCUT2D eigenvalue weighted by Gasteiger charge is 2.26. The number of benzene rings is 1. The molecule has 22 heavy (non-hydrogen) atoms. The summed E-state index contributed by atoms with van der Waals surface area (Å²) in [7, 11) is 0. The maximum absolute atomic E-state index is 12.8. The molecule has 0 heterocycles. The van der Waals surface area contributed by atoms with Gasteiger partial charge >= 0.3 is 6.43 Å². The Morgan fingerprint density at radius 1 is 1.23 bits per heavy atom. The summed E-state index contributed by atoms with van der Waals surface area (Å²) in [6, 6.07) is 4.07. The van der Waals surface area contributed by atoms with E-state index in [9.17, 15) is 32.7 Å². The fourth-order valence-electron chi connectivity index (χ4n) is 1.76. The van der Waals surface area contributed by atoms with Gasteiger partial charge < -0.3 is 10.4 Å². The Hall–Kier alpha value is -2.22. The Morgan fingerprint density at radius 2 is 1.82 bits per heavy atom. The van der Waals surface area contributed by atoms with Gasteiger partial charge in [-0.05, 0) is 11.1 Å². The van der Waals surface area contributed by atoms with Crippen LogP contribution >= 0.6 is 0 Å². The average molecular weight is 317 g/mol. The maximum atomic E-state index is 12.8. The van der Waals surface area contributed by atoms with Crippen LogP contribution in [0.2, 0.25) is 0 Å². The van der Waals surface area contributed by atoms with Gasteiger partial charge in [-0.3, -0.25) is 14.4 Å². The van der Waals surface area contributed by atoms with Crippen molar-refractivity contribution < 1.29 is 32.7 Å². The quantitative estimate of drug-likeness (QED) is 0.547. The summed E-state index contributed by atoms with van der Waals surface area (Å²) in [5.74, 6) is -2.30. The van der Waals surface area contributed by atoms with E-state index in [1.807, 2.05) is 0 Å². The molecular formula is C14H14F3NO4. The van der Waals surface area contributed by atoms with Gasteiger partial charge in [-0.15, -0.1) is 0 Å². The predicted octanol–water partition coefficient (Wildman–Crippen LogP) is 0.750. The summed E-state index contributed by atoms with van der Waals surface area (Å²) < 4.78 is 37.1. The van der Waals surface area contributed by atoms with Gasteiger partial charge in [0, 0.05) is 6.42 Å². The number of ketones is 1. The number of rotatable bonds is 8. The number of aliphatic hydroxyl groups is 1. The zero-order valence-corrected chi connectivity index (χ0v) is 11.3. The maximum Gasteiger partial charge on any atom is 0.315 e. The van der Waals surface area contributed by atoms with Crippen LogP contribution in [0.1, 0.15) is 17.2 Å². The van der Waals surface area contributed by atoms with E-state index < -0.39 is 36.9 Å². The second-order valence-electron chi connectivity index (χ2n) is 4.52. The first-order chi connectivity index (χ1) is 10.4. The topological polar surface area (TPSA) is 83.5 Å². The smallest absolute Gasteiger partial charge is 0.315 e. The van der Waals surface area contributed by atoms with Gasteiger partial charge in [-0.2, -0.15) is 8.78 Å². The number of Topliss-reactive ketones (excluding diaryl/α,β-unsaturated/α-hetero) is 1. The summed E-state index contributed by atoms with van der Waals surface area (Å²) in [4.78, 5) is 32.0. The van der Waals surface area contributed by atoms with E-state index in [0.29, 0.717) is 5.56 Å². The first kappa shape index (κ1) is 17.8. The van der Waals surface area contributed by atoms with Crippen molar-refractivity contribution in [2.24, 2.45) is 0 Å². The molecule has 0 aliphatic carbocycles. The van der Waals surface area contributed by atoms with Crippen LogP contribution in [0, 0.1) is 0 Å². The molecule has 0 fully saturated rings. The lowest BCUT2D eigenvalue weighted by Crippen LogP contribution is -2.43. The molecule has 0 aromatic heterocycles. The fraction of sp³-hybridized carbons (Fsp3) is 0.357. The number of carbonyl (C=O) groups excluding carboxylic acids is 3. The molecule has 0 radical (unpaired) electrons. The van der Waals surface area contributed by atoms with E-state index in [-0.39, 0.29) is 18.3 Å². The molecule has 0 aliphatic heterocycles. The molecule has 0 aliphatic rings. The van der Waals surface area contributed by atoms with E-state index in [2.05, 4.69) is 0 Å². The number of carbonyl (C=O) groups is 3. The molecule has 120 valence electrons. The third-order valence-corrected chi connectivity index (χ3v) is 2.90. The first-order valence-electron chi connectivity index (χ1n) is 6.28. The molecule has 2 N–H and O–H groups in total. The average Bonchev–Trinajstić information content (AvgIpc) is 2.52. The van der Waals surface area contributed by atoms with Gasteiger partial charge in [0.1, 0.15) is 12.8 Å². The van der Waals surface area contributed by atoms with E-state index in [4.69, 9.17) is 0 Å². The number of halogens is 3. The van der Waals surface area contributed by atoms with Gasteiger partial charge in [-0.1, -0.05) is 24.3 Å². The summed E-state index contributed by atoms with van der Waals surface area (Å²) >= 11 is 0. The molecule has 0 saturated carbocycles. The summed E-state index contributed by atoms with van der Waals surface area (Å²) in [5.41, 5.74) is 0.681. The molecular weight excluding hydrogens is 303 g/mol. The number of aliphatic hydroxyl groups excluding tert-OH is 1. The molecule has 0 saturated heterocycles. The third-order valence-electron chi connectivity index (χ3n) is 2.90. The molecule has 0 unspecified atom stereocenters. The van der Waals surface area contributed by atoms with Crippen molar-refractivity contribution in [1.82, 2.24) is 5.32 Å². The number of nitrogens with one attached hydrogen (secondary N) is 1. The lowest BCUT2D eigenvalue weighted by atomic mass is 10.00. The number of hydrogen-bond acceptors (Lipinski definition) is 4. The van der Waals surface area contributed by atoms with Crippen LogP contribution in [0.15, 0.2) is 24.3 Å². The number of alkyl halides is 3. The van der Waals surface area contributed by atoms with E-state index >= 15 is 0 Å². The standard InChI is InChI=1S/C14H14F3NO4/c15-6-11(18-14(22)13(16)17)12(21)9-3-1-8(2-4-9)5-10(20)7-19/h1-4,7,11-13,21H,5-6H2,(H,18,22)/t11-,12-/m1/s1. The van der Waals surface area contributed by atoms with E-state index in [1.165, 1.54) is 24.3 Å². The Balaban J connectivity index is 2.78. The number of aldehydes is 1.